The van der Waals surface area contributed by atoms with Crippen LogP contribution < -0.4 is 5.32 Å². The van der Waals surface area contributed by atoms with Gasteiger partial charge in [-0.1, -0.05) is 25.1 Å². The van der Waals surface area contributed by atoms with Gasteiger partial charge in [0, 0.05) is 12.7 Å². The van der Waals surface area contributed by atoms with E-state index >= 15 is 0 Å². The molecular weight excluding hydrogens is 255 g/mol. The summed E-state index contributed by atoms with van der Waals surface area (Å²) < 4.78 is 13.0. The van der Waals surface area contributed by atoms with Gasteiger partial charge in [-0.25, -0.2) is 4.39 Å². The predicted molar refractivity (Wildman–Crippen MR) is 75.8 cm³/mol. The molecule has 1 amide bonds. The predicted octanol–water partition coefficient (Wildman–Crippen LogP) is 2.88. The Morgan fingerprint density at radius 2 is 2.00 bits per heavy atom. The van der Waals surface area contributed by atoms with Crippen LogP contribution in [-0.2, 0) is 4.79 Å². The fourth-order valence-electron chi connectivity index (χ4n) is 2.01. The number of halogens is 1. The molecule has 0 aliphatic carbocycles. The van der Waals surface area contributed by atoms with Crippen LogP contribution in [-0.4, -0.2) is 17.4 Å². The summed E-state index contributed by atoms with van der Waals surface area (Å²) in [5, 5.41) is 2.87. The largest absolute Gasteiger partial charge is 0.355 e. The molecule has 1 aromatic heterocycles. The van der Waals surface area contributed by atoms with Crippen molar-refractivity contribution in [3.63, 3.8) is 0 Å². The molecule has 0 bridgehead atoms. The van der Waals surface area contributed by atoms with Crippen LogP contribution in [0.4, 0.5) is 4.39 Å². The molecule has 2 rings (SSSR count). The molecule has 2 aromatic rings. The number of aromatic nitrogens is 1. The Morgan fingerprint density at radius 3 is 2.60 bits per heavy atom. The zero-order chi connectivity index (χ0) is 14.4. The number of amides is 1. The Morgan fingerprint density at radius 1 is 1.25 bits per heavy atom. The molecule has 0 fully saturated rings. The smallest absolute Gasteiger partial charge is 0.233 e. The standard InChI is InChI=1S/C16H17FN2O/c1-2-10-19-16(20)15(14-5-3-4-11-18-14)12-6-8-13(17)9-7-12/h3-9,11,15H,2,10H2,1H3,(H,19,20). The van der Waals surface area contributed by atoms with Crippen molar-refractivity contribution < 1.29 is 9.18 Å². The van der Waals surface area contributed by atoms with E-state index in [9.17, 15) is 9.18 Å². The first-order valence-corrected chi connectivity index (χ1v) is 6.66. The topological polar surface area (TPSA) is 42.0 Å². The van der Waals surface area contributed by atoms with Crippen molar-refractivity contribution in [2.24, 2.45) is 0 Å². The molecule has 1 N–H and O–H groups in total. The number of carbonyl (C=O) groups is 1. The van der Waals surface area contributed by atoms with E-state index in [4.69, 9.17) is 0 Å². The Balaban J connectivity index is 2.34. The molecule has 0 aliphatic heterocycles. The van der Waals surface area contributed by atoms with Crippen LogP contribution in [0.25, 0.3) is 0 Å². The lowest BCUT2D eigenvalue weighted by molar-refractivity contribution is -0.121. The van der Waals surface area contributed by atoms with Crippen molar-refractivity contribution in [1.82, 2.24) is 10.3 Å². The number of hydrogen-bond acceptors (Lipinski definition) is 2. The van der Waals surface area contributed by atoms with E-state index in [0.29, 0.717) is 12.2 Å². The van der Waals surface area contributed by atoms with Crippen LogP contribution in [0.5, 0.6) is 0 Å². The van der Waals surface area contributed by atoms with Gasteiger partial charge in [-0.3, -0.25) is 9.78 Å². The molecule has 1 heterocycles. The lowest BCUT2D eigenvalue weighted by Crippen LogP contribution is -2.31. The van der Waals surface area contributed by atoms with E-state index in [1.165, 1.54) is 12.1 Å². The van der Waals surface area contributed by atoms with E-state index in [0.717, 1.165) is 12.0 Å². The average molecular weight is 272 g/mol. The van der Waals surface area contributed by atoms with Gasteiger partial charge in [-0.15, -0.1) is 0 Å². The maximum Gasteiger partial charge on any atom is 0.233 e. The van der Waals surface area contributed by atoms with Crippen molar-refractivity contribution in [3.05, 3.63) is 65.7 Å². The molecule has 0 aliphatic rings. The second kappa shape index (κ2) is 6.80. The second-order valence-corrected chi connectivity index (χ2v) is 4.53. The molecule has 104 valence electrons. The van der Waals surface area contributed by atoms with Crippen molar-refractivity contribution in [2.45, 2.75) is 19.3 Å². The summed E-state index contributed by atoms with van der Waals surface area (Å²) in [6.45, 7) is 2.61. The van der Waals surface area contributed by atoms with Crippen LogP contribution in [0.1, 0.15) is 30.5 Å². The van der Waals surface area contributed by atoms with Crippen LogP contribution >= 0.6 is 0 Å². The lowest BCUT2D eigenvalue weighted by atomic mass is 9.94. The Bertz CT molecular complexity index is 554. The van der Waals surface area contributed by atoms with Gasteiger partial charge in [0.1, 0.15) is 11.7 Å². The highest BCUT2D eigenvalue weighted by molar-refractivity contribution is 5.86. The zero-order valence-electron chi connectivity index (χ0n) is 11.3. The number of nitrogens with one attached hydrogen (secondary N) is 1. The first kappa shape index (κ1) is 14.2. The van der Waals surface area contributed by atoms with Gasteiger partial charge < -0.3 is 5.32 Å². The Kier molecular flexibility index (Phi) is 4.82. The highest BCUT2D eigenvalue weighted by Crippen LogP contribution is 2.23. The van der Waals surface area contributed by atoms with Crippen molar-refractivity contribution in [2.75, 3.05) is 6.54 Å². The highest BCUT2D eigenvalue weighted by atomic mass is 19.1. The van der Waals surface area contributed by atoms with Gasteiger partial charge in [0.25, 0.3) is 0 Å². The van der Waals surface area contributed by atoms with Gasteiger partial charge in [-0.2, -0.15) is 0 Å². The molecule has 0 saturated carbocycles. The van der Waals surface area contributed by atoms with E-state index in [1.54, 1.807) is 30.5 Å². The number of carbonyl (C=O) groups excluding carboxylic acids is 1. The van der Waals surface area contributed by atoms with Crippen molar-refractivity contribution in [3.8, 4) is 0 Å². The summed E-state index contributed by atoms with van der Waals surface area (Å²) in [4.78, 5) is 16.6. The first-order chi connectivity index (χ1) is 9.72. The number of pyridine rings is 1. The average Bonchev–Trinajstić information content (AvgIpc) is 2.48. The molecule has 3 nitrogen and oxygen atoms in total. The summed E-state index contributed by atoms with van der Waals surface area (Å²) >= 11 is 0. The number of benzene rings is 1. The van der Waals surface area contributed by atoms with Crippen LogP contribution in [0.15, 0.2) is 48.7 Å². The van der Waals surface area contributed by atoms with Crippen molar-refractivity contribution in [1.29, 1.82) is 0 Å². The quantitative estimate of drug-likeness (QED) is 0.909. The number of rotatable bonds is 5. The summed E-state index contributed by atoms with van der Waals surface area (Å²) in [7, 11) is 0. The SMILES string of the molecule is CCCNC(=O)C(c1ccc(F)cc1)c1ccccn1. The van der Waals surface area contributed by atoms with Gasteiger partial charge >= 0.3 is 0 Å². The summed E-state index contributed by atoms with van der Waals surface area (Å²) in [6, 6.07) is 11.4. The van der Waals surface area contributed by atoms with Gasteiger partial charge in [0.15, 0.2) is 0 Å². The van der Waals surface area contributed by atoms with Gasteiger partial charge in [-0.05, 0) is 36.2 Å². The fraction of sp³-hybridized carbons (Fsp3) is 0.250. The molecule has 0 saturated heterocycles. The van der Waals surface area contributed by atoms with Crippen LogP contribution in [0.2, 0.25) is 0 Å². The van der Waals surface area contributed by atoms with E-state index < -0.39 is 5.92 Å². The monoisotopic (exact) mass is 272 g/mol. The fourth-order valence-corrected chi connectivity index (χ4v) is 2.01. The lowest BCUT2D eigenvalue weighted by Gasteiger charge is -2.16. The minimum Gasteiger partial charge on any atom is -0.355 e. The molecule has 1 atom stereocenters. The molecule has 0 radical (unpaired) electrons. The molecule has 4 heteroatoms. The zero-order valence-corrected chi connectivity index (χ0v) is 11.3. The summed E-state index contributed by atoms with van der Waals surface area (Å²) in [5.41, 5.74) is 1.39. The van der Waals surface area contributed by atoms with Crippen LogP contribution in [0.3, 0.4) is 0 Å². The first-order valence-electron chi connectivity index (χ1n) is 6.66. The summed E-state index contributed by atoms with van der Waals surface area (Å²) in [5.74, 6) is -0.942. The molecule has 1 aromatic carbocycles. The minimum atomic E-state index is -0.511. The summed E-state index contributed by atoms with van der Waals surface area (Å²) in [6.07, 6.45) is 2.52. The maximum absolute atomic E-state index is 13.0. The number of hydrogen-bond donors (Lipinski definition) is 1. The minimum absolute atomic E-state index is 0.114. The number of nitrogens with zero attached hydrogens (tertiary/aromatic N) is 1. The van der Waals surface area contributed by atoms with Crippen molar-refractivity contribution >= 4 is 5.91 Å². The Hall–Kier alpha value is -2.23. The molecule has 0 spiro atoms. The van der Waals surface area contributed by atoms with E-state index in [-0.39, 0.29) is 11.7 Å². The van der Waals surface area contributed by atoms with Crippen LogP contribution in [0, 0.1) is 5.82 Å². The molecular formula is C16H17FN2O. The Labute approximate surface area is 117 Å². The third kappa shape index (κ3) is 3.41. The van der Waals surface area contributed by atoms with Gasteiger partial charge in [0.2, 0.25) is 5.91 Å². The molecule has 1 unspecified atom stereocenters. The maximum atomic E-state index is 13.0. The third-order valence-corrected chi connectivity index (χ3v) is 3.00. The van der Waals surface area contributed by atoms with E-state index in [2.05, 4.69) is 10.3 Å². The highest BCUT2D eigenvalue weighted by Gasteiger charge is 2.23. The third-order valence-electron chi connectivity index (χ3n) is 3.00. The van der Waals surface area contributed by atoms with E-state index in [1.807, 2.05) is 13.0 Å². The molecule has 20 heavy (non-hydrogen) atoms. The normalized spacial score (nSPS) is 11.9. The van der Waals surface area contributed by atoms with Gasteiger partial charge in [0.05, 0.1) is 5.69 Å². The second-order valence-electron chi connectivity index (χ2n) is 4.53.